The van der Waals surface area contributed by atoms with Crippen LogP contribution in [0.1, 0.15) is 78.6 Å². The van der Waals surface area contributed by atoms with Crippen molar-refractivity contribution in [3.05, 3.63) is 0 Å². The molecule has 0 aromatic carbocycles. The van der Waals surface area contributed by atoms with Crippen LogP contribution < -0.4 is 0 Å². The van der Waals surface area contributed by atoms with Crippen LogP contribution in [-0.2, 0) is 9.59 Å². The molecule has 0 amide bonds. The first-order valence-electron chi connectivity index (χ1n) is 7.25. The number of aliphatic carboxylic acids is 1. The van der Waals surface area contributed by atoms with E-state index in [1.54, 1.807) is 6.92 Å². The zero-order valence-electron chi connectivity index (χ0n) is 12.1. The van der Waals surface area contributed by atoms with Gasteiger partial charge in [-0.3, -0.25) is 9.59 Å². The highest BCUT2D eigenvalue weighted by atomic mass is 16.4. The molecule has 0 heterocycles. The molecular weight excluding hydrogens is 228 g/mol. The monoisotopic (exact) mass is 256 g/mol. The number of carboxylic acids is 1. The van der Waals surface area contributed by atoms with E-state index < -0.39 is 11.4 Å². The van der Waals surface area contributed by atoms with Crippen LogP contribution in [0.3, 0.4) is 0 Å². The van der Waals surface area contributed by atoms with Crippen LogP contribution in [0.2, 0.25) is 0 Å². The maximum Gasteiger partial charge on any atom is 0.316 e. The van der Waals surface area contributed by atoms with Gasteiger partial charge in [0.2, 0.25) is 0 Å². The molecule has 0 aromatic heterocycles. The maximum absolute atomic E-state index is 11.9. The summed E-state index contributed by atoms with van der Waals surface area (Å²) in [5.74, 6) is -1.08. The van der Waals surface area contributed by atoms with Crippen molar-refractivity contribution in [1.29, 1.82) is 0 Å². The number of carboxylic acid groups (broad SMARTS) is 1. The molecule has 0 saturated carbocycles. The highest BCUT2D eigenvalue weighted by Gasteiger charge is 2.39. The molecule has 0 aliphatic carbocycles. The molecule has 0 aliphatic rings. The zero-order valence-corrected chi connectivity index (χ0v) is 12.1. The lowest BCUT2D eigenvalue weighted by Crippen LogP contribution is -2.36. The van der Waals surface area contributed by atoms with Crippen molar-refractivity contribution in [3.63, 3.8) is 0 Å². The first kappa shape index (κ1) is 17.1. The van der Waals surface area contributed by atoms with Crippen LogP contribution in [0.15, 0.2) is 0 Å². The molecular formula is C15H28O3. The van der Waals surface area contributed by atoms with Gasteiger partial charge in [0.1, 0.15) is 11.2 Å². The molecule has 0 saturated heterocycles. The highest BCUT2D eigenvalue weighted by molar-refractivity contribution is 6.02. The van der Waals surface area contributed by atoms with Gasteiger partial charge in [0, 0.05) is 6.42 Å². The fourth-order valence-electron chi connectivity index (χ4n) is 2.13. The number of unbranched alkanes of at least 4 members (excludes halogenated alkanes) is 5. The summed E-state index contributed by atoms with van der Waals surface area (Å²) in [6.45, 7) is 5.66. The van der Waals surface area contributed by atoms with Gasteiger partial charge in [-0.25, -0.2) is 0 Å². The summed E-state index contributed by atoms with van der Waals surface area (Å²) < 4.78 is 0. The summed E-state index contributed by atoms with van der Waals surface area (Å²) in [4.78, 5) is 23.2. The van der Waals surface area contributed by atoms with Crippen molar-refractivity contribution >= 4 is 11.8 Å². The van der Waals surface area contributed by atoms with Crippen molar-refractivity contribution in [2.75, 3.05) is 0 Å². The van der Waals surface area contributed by atoms with E-state index >= 15 is 0 Å². The Bertz CT molecular complexity index is 260. The Kier molecular flexibility index (Phi) is 8.69. The third-order valence-corrected chi connectivity index (χ3v) is 3.59. The van der Waals surface area contributed by atoms with Gasteiger partial charge < -0.3 is 5.11 Å². The van der Waals surface area contributed by atoms with E-state index in [0.717, 1.165) is 25.7 Å². The van der Waals surface area contributed by atoms with Gasteiger partial charge >= 0.3 is 5.97 Å². The lowest BCUT2D eigenvalue weighted by Gasteiger charge is -2.23. The summed E-state index contributed by atoms with van der Waals surface area (Å²) in [6.07, 6.45) is 8.25. The Hall–Kier alpha value is -0.860. The van der Waals surface area contributed by atoms with Crippen molar-refractivity contribution < 1.29 is 14.7 Å². The standard InChI is InChI=1S/C15H28O3/c1-4-6-7-8-9-10-12-15(3,14(17)18)13(16)11-5-2/h4-12H2,1-3H3,(H,17,18). The van der Waals surface area contributed by atoms with Crippen LogP contribution >= 0.6 is 0 Å². The summed E-state index contributed by atoms with van der Waals surface area (Å²) in [5, 5.41) is 9.25. The molecule has 0 spiro atoms. The quantitative estimate of drug-likeness (QED) is 0.445. The fourth-order valence-corrected chi connectivity index (χ4v) is 2.13. The minimum Gasteiger partial charge on any atom is -0.481 e. The molecule has 3 nitrogen and oxygen atoms in total. The average Bonchev–Trinajstić information content (AvgIpc) is 2.33. The first-order valence-corrected chi connectivity index (χ1v) is 7.25. The van der Waals surface area contributed by atoms with Gasteiger partial charge in [-0.2, -0.15) is 0 Å². The first-order chi connectivity index (χ1) is 8.49. The molecule has 0 aromatic rings. The van der Waals surface area contributed by atoms with Crippen molar-refractivity contribution in [2.45, 2.75) is 78.6 Å². The zero-order chi connectivity index (χ0) is 14.0. The van der Waals surface area contributed by atoms with E-state index in [-0.39, 0.29) is 5.78 Å². The lowest BCUT2D eigenvalue weighted by molar-refractivity contribution is -0.154. The third-order valence-electron chi connectivity index (χ3n) is 3.59. The van der Waals surface area contributed by atoms with Gasteiger partial charge in [-0.15, -0.1) is 0 Å². The Balaban J connectivity index is 4.12. The second kappa shape index (κ2) is 9.12. The molecule has 3 heteroatoms. The average molecular weight is 256 g/mol. The second-order valence-corrected chi connectivity index (χ2v) is 5.33. The van der Waals surface area contributed by atoms with E-state index in [9.17, 15) is 14.7 Å². The van der Waals surface area contributed by atoms with Gasteiger partial charge in [0.15, 0.2) is 0 Å². The maximum atomic E-state index is 11.9. The lowest BCUT2D eigenvalue weighted by atomic mass is 9.79. The normalized spacial score (nSPS) is 14.2. The van der Waals surface area contributed by atoms with Crippen LogP contribution in [-0.4, -0.2) is 16.9 Å². The van der Waals surface area contributed by atoms with Crippen LogP contribution in [0, 0.1) is 5.41 Å². The summed E-state index contributed by atoms with van der Waals surface area (Å²) in [5.41, 5.74) is -1.17. The molecule has 106 valence electrons. The Morgan fingerprint density at radius 3 is 2.00 bits per heavy atom. The van der Waals surface area contributed by atoms with E-state index in [4.69, 9.17) is 0 Å². The largest absolute Gasteiger partial charge is 0.481 e. The van der Waals surface area contributed by atoms with Crippen molar-refractivity contribution in [3.8, 4) is 0 Å². The molecule has 1 N–H and O–H groups in total. The van der Waals surface area contributed by atoms with Crippen molar-refractivity contribution in [2.24, 2.45) is 5.41 Å². The SMILES string of the molecule is CCCCCCCCC(C)(C(=O)O)C(=O)CCC. The third kappa shape index (κ3) is 5.65. The minimum atomic E-state index is -1.17. The Morgan fingerprint density at radius 1 is 0.944 bits per heavy atom. The second-order valence-electron chi connectivity index (χ2n) is 5.33. The molecule has 18 heavy (non-hydrogen) atoms. The predicted octanol–water partition coefficient (Wildman–Crippen LogP) is 4.20. The van der Waals surface area contributed by atoms with E-state index in [2.05, 4.69) is 6.92 Å². The van der Waals surface area contributed by atoms with Crippen LogP contribution in [0.4, 0.5) is 0 Å². The molecule has 1 unspecified atom stereocenters. The Labute approximate surface area is 111 Å². The topological polar surface area (TPSA) is 54.4 Å². The number of carbonyl (C=O) groups excluding carboxylic acids is 1. The number of ketones is 1. The van der Waals surface area contributed by atoms with Crippen LogP contribution in [0.25, 0.3) is 0 Å². The van der Waals surface area contributed by atoms with Gasteiger partial charge in [-0.05, 0) is 19.8 Å². The molecule has 0 radical (unpaired) electrons. The number of hydrogen-bond donors (Lipinski definition) is 1. The minimum absolute atomic E-state index is 0.119. The number of carbonyl (C=O) groups is 2. The molecule has 1 atom stereocenters. The van der Waals surface area contributed by atoms with Crippen molar-refractivity contribution in [1.82, 2.24) is 0 Å². The molecule has 0 bridgehead atoms. The predicted molar refractivity (Wildman–Crippen MR) is 73.7 cm³/mol. The van der Waals surface area contributed by atoms with Gasteiger partial charge in [-0.1, -0.05) is 52.4 Å². The van der Waals surface area contributed by atoms with E-state index in [0.29, 0.717) is 12.8 Å². The highest BCUT2D eigenvalue weighted by Crippen LogP contribution is 2.28. The summed E-state index contributed by atoms with van der Waals surface area (Å²) in [7, 11) is 0. The summed E-state index contributed by atoms with van der Waals surface area (Å²) in [6, 6.07) is 0. The summed E-state index contributed by atoms with van der Waals surface area (Å²) >= 11 is 0. The van der Waals surface area contributed by atoms with Gasteiger partial charge in [0.05, 0.1) is 0 Å². The molecule has 0 fully saturated rings. The smallest absolute Gasteiger partial charge is 0.316 e. The molecule has 0 aliphatic heterocycles. The Morgan fingerprint density at radius 2 is 1.50 bits per heavy atom. The fraction of sp³-hybridized carbons (Fsp3) is 0.867. The number of hydrogen-bond acceptors (Lipinski definition) is 2. The van der Waals surface area contributed by atoms with Crippen LogP contribution in [0.5, 0.6) is 0 Å². The molecule has 0 rings (SSSR count). The van der Waals surface area contributed by atoms with Gasteiger partial charge in [0.25, 0.3) is 0 Å². The number of rotatable bonds is 11. The van der Waals surface area contributed by atoms with E-state index in [1.165, 1.54) is 19.3 Å². The number of Topliss-reactive ketones (excluding diaryl/α,β-unsaturated/α-hetero) is 1. The van der Waals surface area contributed by atoms with E-state index in [1.807, 2.05) is 6.92 Å².